The van der Waals surface area contributed by atoms with Gasteiger partial charge in [-0.1, -0.05) is 26.2 Å². The maximum Gasteiger partial charge on any atom is 0.435 e. The van der Waals surface area contributed by atoms with Crippen molar-refractivity contribution >= 4 is 5.82 Å². The number of nitrogens with zero attached hydrogens (tertiary/aromatic N) is 2. The second-order valence-corrected chi connectivity index (χ2v) is 5.08. The predicted octanol–water partition coefficient (Wildman–Crippen LogP) is 3.88. The van der Waals surface area contributed by atoms with Crippen molar-refractivity contribution in [3.63, 3.8) is 0 Å². The van der Waals surface area contributed by atoms with Crippen molar-refractivity contribution in [1.82, 2.24) is 10.2 Å². The molecule has 2 unspecified atom stereocenters. The maximum atomic E-state index is 12.4. The van der Waals surface area contributed by atoms with Crippen molar-refractivity contribution in [3.05, 3.63) is 17.8 Å². The first-order valence-corrected chi connectivity index (χ1v) is 6.66. The first kappa shape index (κ1) is 14.1. The number of hydrogen-bond acceptors (Lipinski definition) is 3. The molecule has 106 valence electrons. The van der Waals surface area contributed by atoms with Gasteiger partial charge in [0.1, 0.15) is 5.82 Å². The zero-order valence-corrected chi connectivity index (χ0v) is 10.9. The second kappa shape index (κ2) is 5.75. The lowest BCUT2D eigenvalue weighted by atomic mass is 9.84. The van der Waals surface area contributed by atoms with Crippen molar-refractivity contribution in [2.45, 2.75) is 51.2 Å². The van der Waals surface area contributed by atoms with Crippen LogP contribution in [0.3, 0.4) is 0 Å². The number of rotatable bonds is 3. The van der Waals surface area contributed by atoms with E-state index in [0.29, 0.717) is 17.8 Å². The van der Waals surface area contributed by atoms with E-state index in [1.807, 2.05) is 0 Å². The molecule has 0 aliphatic heterocycles. The van der Waals surface area contributed by atoms with Crippen molar-refractivity contribution in [2.75, 3.05) is 5.32 Å². The lowest BCUT2D eigenvalue weighted by Crippen LogP contribution is -2.27. The van der Waals surface area contributed by atoms with Gasteiger partial charge < -0.3 is 5.32 Å². The number of nitrogens with one attached hydrogen (secondary N) is 1. The highest BCUT2D eigenvalue weighted by Gasteiger charge is 2.33. The number of alkyl halides is 3. The van der Waals surface area contributed by atoms with Crippen LogP contribution in [0.15, 0.2) is 12.1 Å². The van der Waals surface area contributed by atoms with E-state index in [4.69, 9.17) is 0 Å². The van der Waals surface area contributed by atoms with Crippen LogP contribution in [0.1, 0.15) is 44.7 Å². The lowest BCUT2D eigenvalue weighted by Gasteiger charge is -2.29. The van der Waals surface area contributed by atoms with Crippen LogP contribution in [0.4, 0.5) is 19.0 Å². The summed E-state index contributed by atoms with van der Waals surface area (Å²) in [6.07, 6.45) is 1.22. The van der Waals surface area contributed by atoms with Gasteiger partial charge in [-0.05, 0) is 30.9 Å². The Hall–Kier alpha value is -1.33. The molecule has 19 heavy (non-hydrogen) atoms. The summed E-state index contributed by atoms with van der Waals surface area (Å²) < 4.78 is 37.1. The Labute approximate surface area is 110 Å². The molecule has 0 amide bonds. The van der Waals surface area contributed by atoms with E-state index in [2.05, 4.69) is 22.4 Å². The Morgan fingerprint density at radius 1 is 1.26 bits per heavy atom. The van der Waals surface area contributed by atoms with Crippen LogP contribution in [-0.4, -0.2) is 16.2 Å². The highest BCUT2D eigenvalue weighted by Crippen LogP contribution is 2.29. The van der Waals surface area contributed by atoms with Crippen LogP contribution in [0.25, 0.3) is 0 Å². The topological polar surface area (TPSA) is 37.8 Å². The first-order chi connectivity index (χ1) is 8.99. The quantitative estimate of drug-likeness (QED) is 0.908. The number of anilines is 1. The first-order valence-electron chi connectivity index (χ1n) is 6.66. The summed E-state index contributed by atoms with van der Waals surface area (Å²) in [6.45, 7) is 2.17. The molecular weight excluding hydrogens is 255 g/mol. The SMILES string of the molecule is CCC1CCCC(Nc2ccc(C(F)(F)F)nn2)C1. The van der Waals surface area contributed by atoms with Gasteiger partial charge in [0.25, 0.3) is 0 Å². The summed E-state index contributed by atoms with van der Waals surface area (Å²) in [4.78, 5) is 0. The Kier molecular flexibility index (Phi) is 4.27. The van der Waals surface area contributed by atoms with Crippen molar-refractivity contribution < 1.29 is 13.2 Å². The average Bonchev–Trinajstić information content (AvgIpc) is 2.38. The van der Waals surface area contributed by atoms with Gasteiger partial charge >= 0.3 is 6.18 Å². The van der Waals surface area contributed by atoms with Gasteiger partial charge in [-0.25, -0.2) is 0 Å². The lowest BCUT2D eigenvalue weighted by molar-refractivity contribution is -0.141. The summed E-state index contributed by atoms with van der Waals surface area (Å²) in [5.41, 5.74) is -0.951. The molecule has 0 aromatic carbocycles. The van der Waals surface area contributed by atoms with Gasteiger partial charge in [-0.3, -0.25) is 0 Å². The molecule has 2 atom stereocenters. The Bertz CT molecular complexity index is 403. The number of aromatic nitrogens is 2. The Morgan fingerprint density at radius 2 is 2.05 bits per heavy atom. The van der Waals surface area contributed by atoms with Crippen LogP contribution in [0.5, 0.6) is 0 Å². The minimum atomic E-state index is -4.43. The molecule has 1 aromatic heterocycles. The largest absolute Gasteiger partial charge is 0.435 e. The smallest absolute Gasteiger partial charge is 0.366 e. The normalized spacial score (nSPS) is 24.2. The molecule has 0 spiro atoms. The van der Waals surface area contributed by atoms with Gasteiger partial charge in [0.2, 0.25) is 0 Å². The van der Waals surface area contributed by atoms with E-state index in [1.165, 1.54) is 12.5 Å². The number of halogens is 3. The molecule has 2 rings (SSSR count). The van der Waals surface area contributed by atoms with E-state index in [1.54, 1.807) is 0 Å². The van der Waals surface area contributed by atoms with E-state index in [-0.39, 0.29) is 0 Å². The van der Waals surface area contributed by atoms with E-state index >= 15 is 0 Å². The predicted molar refractivity (Wildman–Crippen MR) is 66.7 cm³/mol. The summed E-state index contributed by atoms with van der Waals surface area (Å²) in [7, 11) is 0. The molecule has 1 saturated carbocycles. The molecule has 1 N–H and O–H groups in total. The standard InChI is InChI=1S/C13H18F3N3/c1-2-9-4-3-5-10(8-9)17-12-7-6-11(18-19-12)13(14,15)16/h6-7,9-10H,2-5,8H2,1H3,(H,17,19). The van der Waals surface area contributed by atoms with E-state index in [0.717, 1.165) is 31.7 Å². The fourth-order valence-electron chi connectivity index (χ4n) is 2.56. The molecule has 3 nitrogen and oxygen atoms in total. The summed E-state index contributed by atoms with van der Waals surface area (Å²) in [5, 5.41) is 10.0. The average molecular weight is 273 g/mol. The molecule has 6 heteroatoms. The van der Waals surface area contributed by atoms with E-state index < -0.39 is 11.9 Å². The summed E-state index contributed by atoms with van der Waals surface area (Å²) >= 11 is 0. The molecule has 0 bridgehead atoms. The summed E-state index contributed by atoms with van der Waals surface area (Å²) in [5.74, 6) is 1.13. The molecule has 1 aromatic rings. The second-order valence-electron chi connectivity index (χ2n) is 5.08. The van der Waals surface area contributed by atoms with Crippen molar-refractivity contribution in [1.29, 1.82) is 0 Å². The fourth-order valence-corrected chi connectivity index (χ4v) is 2.56. The van der Waals surface area contributed by atoms with Gasteiger partial charge in [-0.15, -0.1) is 10.2 Å². The van der Waals surface area contributed by atoms with Gasteiger partial charge in [0, 0.05) is 6.04 Å². The molecule has 0 radical (unpaired) electrons. The third-order valence-electron chi connectivity index (χ3n) is 3.67. The molecule has 1 aliphatic rings. The van der Waals surface area contributed by atoms with Crippen LogP contribution in [0.2, 0.25) is 0 Å². The minimum Gasteiger partial charge on any atom is -0.366 e. The molecule has 1 aliphatic carbocycles. The molecule has 1 fully saturated rings. The van der Waals surface area contributed by atoms with Crippen LogP contribution in [-0.2, 0) is 6.18 Å². The van der Waals surface area contributed by atoms with Crippen LogP contribution >= 0.6 is 0 Å². The maximum absolute atomic E-state index is 12.4. The zero-order chi connectivity index (χ0) is 13.9. The van der Waals surface area contributed by atoms with Gasteiger partial charge in [0.05, 0.1) is 0 Å². The highest BCUT2D eigenvalue weighted by atomic mass is 19.4. The van der Waals surface area contributed by atoms with Crippen molar-refractivity contribution in [2.24, 2.45) is 5.92 Å². The van der Waals surface area contributed by atoms with Crippen molar-refractivity contribution in [3.8, 4) is 0 Å². The zero-order valence-electron chi connectivity index (χ0n) is 10.9. The monoisotopic (exact) mass is 273 g/mol. The summed E-state index contributed by atoms with van der Waals surface area (Å²) in [6, 6.07) is 2.62. The molecule has 1 heterocycles. The Balaban J connectivity index is 1.96. The van der Waals surface area contributed by atoms with Crippen LogP contribution < -0.4 is 5.32 Å². The highest BCUT2D eigenvalue weighted by molar-refractivity contribution is 5.34. The minimum absolute atomic E-state index is 0.296. The van der Waals surface area contributed by atoms with E-state index in [9.17, 15) is 13.2 Å². The van der Waals surface area contributed by atoms with Gasteiger partial charge in [0.15, 0.2) is 5.69 Å². The molecule has 0 saturated heterocycles. The number of hydrogen-bond donors (Lipinski definition) is 1. The Morgan fingerprint density at radius 3 is 2.63 bits per heavy atom. The molecular formula is C13H18F3N3. The fraction of sp³-hybridized carbons (Fsp3) is 0.692. The van der Waals surface area contributed by atoms with Crippen LogP contribution in [0, 0.1) is 5.92 Å². The third kappa shape index (κ3) is 3.81. The third-order valence-corrected chi connectivity index (χ3v) is 3.67. The van der Waals surface area contributed by atoms with Gasteiger partial charge in [-0.2, -0.15) is 13.2 Å².